The van der Waals surface area contributed by atoms with Crippen LogP contribution < -0.4 is 10.6 Å². The number of anilines is 1. The van der Waals surface area contributed by atoms with Crippen molar-refractivity contribution in [2.45, 2.75) is 69.9 Å². The van der Waals surface area contributed by atoms with Gasteiger partial charge in [-0.1, -0.05) is 56.2 Å². The van der Waals surface area contributed by atoms with Crippen molar-refractivity contribution in [3.8, 4) is 0 Å². The Kier molecular flexibility index (Phi) is 6.53. The summed E-state index contributed by atoms with van der Waals surface area (Å²) in [5.74, 6) is -2.52. The second kappa shape index (κ2) is 9.90. The van der Waals surface area contributed by atoms with Gasteiger partial charge in [-0.25, -0.2) is 4.39 Å². The van der Waals surface area contributed by atoms with Crippen molar-refractivity contribution in [1.29, 1.82) is 0 Å². The molecule has 8 heteroatoms. The van der Waals surface area contributed by atoms with E-state index in [-0.39, 0.29) is 36.1 Å². The number of amides is 3. The molecule has 0 aromatic heterocycles. The molecule has 1 saturated carbocycles. The number of benzene rings is 2. The molecule has 3 aliphatic heterocycles. The maximum absolute atomic E-state index is 14.1. The number of hydrogen-bond donors (Lipinski definition) is 2. The second-order valence-corrected chi connectivity index (χ2v) is 11.5. The molecule has 0 radical (unpaired) electrons. The molecule has 4 aliphatic rings. The van der Waals surface area contributed by atoms with Crippen molar-refractivity contribution < 1.29 is 23.5 Å². The Morgan fingerprint density at radius 1 is 1.10 bits per heavy atom. The molecule has 7 nitrogen and oxygen atoms in total. The van der Waals surface area contributed by atoms with Crippen LogP contribution in [0.1, 0.15) is 43.7 Å². The van der Waals surface area contributed by atoms with Gasteiger partial charge in [0.2, 0.25) is 17.7 Å². The predicted molar refractivity (Wildman–Crippen MR) is 144 cm³/mol. The van der Waals surface area contributed by atoms with Gasteiger partial charge in [0.15, 0.2) is 0 Å². The molecule has 3 amide bonds. The van der Waals surface area contributed by atoms with Crippen LogP contribution in [-0.2, 0) is 25.7 Å². The van der Waals surface area contributed by atoms with Crippen LogP contribution in [0.25, 0.3) is 0 Å². The third kappa shape index (κ3) is 4.44. The summed E-state index contributed by atoms with van der Waals surface area (Å²) in [6.45, 7) is 4.20. The molecule has 204 valence electrons. The van der Waals surface area contributed by atoms with Crippen LogP contribution in [0.2, 0.25) is 0 Å². The summed E-state index contributed by atoms with van der Waals surface area (Å²) >= 11 is 0. The van der Waals surface area contributed by atoms with Gasteiger partial charge in [0.25, 0.3) is 0 Å². The number of nitrogens with one attached hydrogen (secondary N) is 2. The van der Waals surface area contributed by atoms with Crippen LogP contribution in [0.15, 0.2) is 60.7 Å². The molecular formula is C31H34FN3O4. The average Bonchev–Trinajstić information content (AvgIpc) is 3.54. The van der Waals surface area contributed by atoms with Gasteiger partial charge in [-0.05, 0) is 61.1 Å². The predicted octanol–water partition coefficient (Wildman–Crippen LogP) is 4.12. The van der Waals surface area contributed by atoms with E-state index in [1.54, 1.807) is 12.1 Å². The molecule has 1 aliphatic carbocycles. The molecule has 2 bridgehead atoms. The van der Waals surface area contributed by atoms with Gasteiger partial charge >= 0.3 is 0 Å². The summed E-state index contributed by atoms with van der Waals surface area (Å²) < 4.78 is 20.0. The number of likely N-dealkylation sites (tertiary alicyclic amines) is 1. The van der Waals surface area contributed by atoms with Crippen LogP contribution >= 0.6 is 0 Å². The number of hydrogen-bond acceptors (Lipinski definition) is 4. The Morgan fingerprint density at radius 3 is 2.62 bits per heavy atom. The standard InChI is InChI=1S/C31H34FN3O4/c1-18-6-5-8-22(16-18)33-28(36)25-24-14-15-31(39-24)26(25)30(38)35(17-20-10-12-21(32)13-11-20)27(31)29(37)34-23-9-4-3-7-19(23)2/h5-6,8,10-16,19,23-27H,3-4,7,9,17H2,1-2H3,(H,33,36)(H,34,37)/t19-,23+,24-,25+,26-,27-,31-/m1/s1. The zero-order valence-electron chi connectivity index (χ0n) is 22.2. The number of rotatable bonds is 6. The quantitative estimate of drug-likeness (QED) is 0.549. The summed E-state index contributed by atoms with van der Waals surface area (Å²) in [4.78, 5) is 43.3. The van der Waals surface area contributed by atoms with E-state index in [1.165, 1.54) is 17.0 Å². The number of carbonyl (C=O) groups excluding carboxylic acids is 3. The van der Waals surface area contributed by atoms with Gasteiger partial charge in [-0.2, -0.15) is 0 Å². The number of ether oxygens (including phenoxy) is 1. The number of halogens is 1. The minimum absolute atomic E-state index is 0.0208. The van der Waals surface area contributed by atoms with E-state index in [9.17, 15) is 18.8 Å². The van der Waals surface area contributed by atoms with Crippen molar-refractivity contribution in [1.82, 2.24) is 10.2 Å². The zero-order valence-corrected chi connectivity index (χ0v) is 22.2. The van der Waals surface area contributed by atoms with Crippen LogP contribution in [0.3, 0.4) is 0 Å². The maximum Gasteiger partial charge on any atom is 0.246 e. The lowest BCUT2D eigenvalue weighted by molar-refractivity contribution is -0.142. The van der Waals surface area contributed by atoms with E-state index in [2.05, 4.69) is 17.6 Å². The van der Waals surface area contributed by atoms with Crippen molar-refractivity contribution in [2.24, 2.45) is 17.8 Å². The van der Waals surface area contributed by atoms with Crippen LogP contribution in [0, 0.1) is 30.5 Å². The summed E-state index contributed by atoms with van der Waals surface area (Å²) in [7, 11) is 0. The molecule has 6 rings (SSSR count). The highest BCUT2D eigenvalue weighted by Gasteiger charge is 2.72. The highest BCUT2D eigenvalue weighted by Crippen LogP contribution is 2.55. The third-order valence-electron chi connectivity index (χ3n) is 8.92. The fraction of sp³-hybridized carbons (Fsp3) is 0.452. The Morgan fingerprint density at radius 2 is 1.87 bits per heavy atom. The van der Waals surface area contributed by atoms with Crippen molar-refractivity contribution >= 4 is 23.4 Å². The first-order valence-electron chi connectivity index (χ1n) is 13.9. The van der Waals surface area contributed by atoms with Crippen molar-refractivity contribution in [3.63, 3.8) is 0 Å². The van der Waals surface area contributed by atoms with E-state index in [0.717, 1.165) is 31.2 Å². The smallest absolute Gasteiger partial charge is 0.246 e. The summed E-state index contributed by atoms with van der Waals surface area (Å²) in [5, 5.41) is 6.19. The Balaban J connectivity index is 1.33. The normalized spacial score (nSPS) is 32.8. The molecule has 1 spiro atoms. The Labute approximate surface area is 227 Å². The SMILES string of the molecule is Cc1cccc(NC(=O)[C@H]2[C@H]3C=C[C@@]4(O3)[C@H]2C(=O)N(Cc2ccc(F)cc2)[C@@H]4C(=O)N[C@H]2CCCC[C@H]2C)c1. The number of carbonyl (C=O) groups is 3. The lowest BCUT2D eigenvalue weighted by atomic mass is 9.74. The monoisotopic (exact) mass is 531 g/mol. The van der Waals surface area contributed by atoms with E-state index in [0.29, 0.717) is 17.2 Å². The highest BCUT2D eigenvalue weighted by molar-refractivity contribution is 6.02. The Hall–Kier alpha value is -3.52. The van der Waals surface area contributed by atoms with Crippen molar-refractivity contribution in [2.75, 3.05) is 5.32 Å². The summed E-state index contributed by atoms with van der Waals surface area (Å²) in [5.41, 5.74) is 1.11. The average molecular weight is 532 g/mol. The van der Waals surface area contributed by atoms with E-state index in [1.807, 2.05) is 43.3 Å². The van der Waals surface area contributed by atoms with Gasteiger partial charge in [-0.3, -0.25) is 14.4 Å². The van der Waals surface area contributed by atoms with Crippen LogP contribution in [0.5, 0.6) is 0 Å². The first kappa shape index (κ1) is 25.7. The lowest BCUT2D eigenvalue weighted by Crippen LogP contribution is -2.57. The minimum Gasteiger partial charge on any atom is -0.359 e. The highest BCUT2D eigenvalue weighted by atomic mass is 19.1. The molecule has 2 aromatic rings. The molecule has 0 unspecified atom stereocenters. The first-order valence-corrected chi connectivity index (χ1v) is 13.9. The zero-order chi connectivity index (χ0) is 27.3. The first-order chi connectivity index (χ1) is 18.8. The van der Waals surface area contributed by atoms with E-state index in [4.69, 9.17) is 4.74 Å². The van der Waals surface area contributed by atoms with Gasteiger partial charge < -0.3 is 20.3 Å². The van der Waals surface area contributed by atoms with Gasteiger partial charge in [0.1, 0.15) is 17.5 Å². The number of aryl methyl sites for hydroxylation is 1. The molecule has 7 atom stereocenters. The summed E-state index contributed by atoms with van der Waals surface area (Å²) in [6.07, 6.45) is 7.16. The summed E-state index contributed by atoms with van der Waals surface area (Å²) in [6, 6.07) is 12.5. The fourth-order valence-corrected chi connectivity index (χ4v) is 6.97. The van der Waals surface area contributed by atoms with E-state index < -0.39 is 29.6 Å². The molecule has 3 fully saturated rings. The number of fused-ring (bicyclic) bond motifs is 1. The van der Waals surface area contributed by atoms with Crippen molar-refractivity contribution in [3.05, 3.63) is 77.6 Å². The maximum atomic E-state index is 14.1. The molecule has 2 saturated heterocycles. The largest absolute Gasteiger partial charge is 0.359 e. The second-order valence-electron chi connectivity index (χ2n) is 11.5. The lowest BCUT2D eigenvalue weighted by Gasteiger charge is -2.36. The van der Waals surface area contributed by atoms with Gasteiger partial charge in [0.05, 0.1) is 17.9 Å². The van der Waals surface area contributed by atoms with Crippen LogP contribution in [0.4, 0.5) is 10.1 Å². The number of nitrogens with zero attached hydrogens (tertiary/aromatic N) is 1. The van der Waals surface area contributed by atoms with Crippen LogP contribution in [-0.4, -0.2) is 46.4 Å². The molecule has 2 N–H and O–H groups in total. The van der Waals surface area contributed by atoms with Gasteiger partial charge in [-0.15, -0.1) is 0 Å². The van der Waals surface area contributed by atoms with Gasteiger partial charge in [0, 0.05) is 18.3 Å². The topological polar surface area (TPSA) is 87.7 Å². The van der Waals surface area contributed by atoms with E-state index >= 15 is 0 Å². The Bertz CT molecular complexity index is 1330. The molecule has 3 heterocycles. The molecule has 2 aromatic carbocycles. The molecule has 39 heavy (non-hydrogen) atoms. The molecular weight excluding hydrogens is 497 g/mol. The fourth-order valence-electron chi connectivity index (χ4n) is 6.97. The minimum atomic E-state index is -1.24. The third-order valence-corrected chi connectivity index (χ3v) is 8.92.